The average Bonchev–Trinajstić information content (AvgIpc) is 2.15. The quantitative estimate of drug-likeness (QED) is 0.682. The van der Waals surface area contributed by atoms with E-state index in [1.54, 1.807) is 24.3 Å². The maximum Gasteiger partial charge on any atom is 0.232 e. The van der Waals surface area contributed by atoms with E-state index in [9.17, 15) is 4.79 Å². The van der Waals surface area contributed by atoms with Gasteiger partial charge in [-0.05, 0) is 12.1 Å². The summed E-state index contributed by atoms with van der Waals surface area (Å²) in [4.78, 5) is 17.5. The van der Waals surface area contributed by atoms with Gasteiger partial charge in [-0.25, -0.2) is 0 Å². The molecule has 0 aliphatic rings. The molecule has 0 atom stereocenters. The number of hydrogen-bond acceptors (Lipinski definition) is 2. The first kappa shape index (κ1) is 10.7. The highest BCUT2D eigenvalue weighted by atomic mass is 16.2. The van der Waals surface area contributed by atoms with Crippen molar-refractivity contribution in [1.82, 2.24) is 4.98 Å². The molecule has 1 aromatic heterocycles. The van der Waals surface area contributed by atoms with Crippen molar-refractivity contribution in [2.75, 3.05) is 11.9 Å². The number of anilines is 1. The molecule has 3 heteroatoms. The summed E-state index contributed by atoms with van der Waals surface area (Å²) in [7, 11) is 1.77. The first-order chi connectivity index (χ1) is 6.43. The van der Waals surface area contributed by atoms with Gasteiger partial charge in [0.25, 0.3) is 0 Å². The standard InChI is InChI=1S/C11H16N2O/c1-11(2,3)10(14)13(4)9-6-5-7-12-8-9/h5-8H,1-4H3. The lowest BCUT2D eigenvalue weighted by atomic mass is 9.95. The summed E-state index contributed by atoms with van der Waals surface area (Å²) in [5, 5.41) is 0. The maximum absolute atomic E-state index is 11.9. The maximum atomic E-state index is 11.9. The average molecular weight is 192 g/mol. The minimum Gasteiger partial charge on any atom is -0.314 e. The zero-order valence-corrected chi connectivity index (χ0v) is 9.11. The Hall–Kier alpha value is -1.38. The van der Waals surface area contributed by atoms with Gasteiger partial charge in [0, 0.05) is 18.7 Å². The van der Waals surface area contributed by atoms with E-state index in [0.717, 1.165) is 5.69 Å². The molecule has 1 heterocycles. The molecule has 1 amide bonds. The van der Waals surface area contributed by atoms with Crippen molar-refractivity contribution in [3.63, 3.8) is 0 Å². The fourth-order valence-electron chi connectivity index (χ4n) is 1.17. The zero-order valence-electron chi connectivity index (χ0n) is 9.11. The van der Waals surface area contributed by atoms with Crippen molar-refractivity contribution >= 4 is 11.6 Å². The summed E-state index contributed by atoms with van der Waals surface area (Å²) in [5.74, 6) is 0.0884. The summed E-state index contributed by atoms with van der Waals surface area (Å²) in [5.41, 5.74) is 0.470. The third-order valence-electron chi connectivity index (χ3n) is 1.98. The van der Waals surface area contributed by atoms with Crippen molar-refractivity contribution in [1.29, 1.82) is 0 Å². The molecule has 0 aliphatic heterocycles. The molecule has 3 nitrogen and oxygen atoms in total. The van der Waals surface area contributed by atoms with E-state index in [-0.39, 0.29) is 11.3 Å². The highest BCUT2D eigenvalue weighted by molar-refractivity contribution is 5.96. The molecule has 14 heavy (non-hydrogen) atoms. The van der Waals surface area contributed by atoms with Gasteiger partial charge in [0.2, 0.25) is 5.91 Å². The number of carbonyl (C=O) groups excluding carboxylic acids is 1. The van der Waals surface area contributed by atoms with Crippen molar-refractivity contribution in [2.45, 2.75) is 20.8 Å². The van der Waals surface area contributed by atoms with Crippen LogP contribution in [0.1, 0.15) is 20.8 Å². The molecule has 76 valence electrons. The summed E-state index contributed by atoms with van der Waals surface area (Å²) >= 11 is 0. The molecule has 0 saturated heterocycles. The van der Waals surface area contributed by atoms with E-state index in [1.165, 1.54) is 0 Å². The van der Waals surface area contributed by atoms with Gasteiger partial charge in [0.05, 0.1) is 11.9 Å². The Kier molecular flexibility index (Phi) is 2.89. The van der Waals surface area contributed by atoms with Crippen molar-refractivity contribution in [2.24, 2.45) is 5.41 Å². The smallest absolute Gasteiger partial charge is 0.232 e. The molecule has 1 rings (SSSR count). The molecule has 0 aromatic carbocycles. The van der Waals surface area contributed by atoms with Crippen LogP contribution in [0.25, 0.3) is 0 Å². The van der Waals surface area contributed by atoms with Gasteiger partial charge < -0.3 is 4.90 Å². The fourth-order valence-corrected chi connectivity index (χ4v) is 1.17. The van der Waals surface area contributed by atoms with Crippen LogP contribution < -0.4 is 4.90 Å². The minimum absolute atomic E-state index is 0.0884. The molecule has 0 bridgehead atoms. The monoisotopic (exact) mass is 192 g/mol. The first-order valence-electron chi connectivity index (χ1n) is 4.61. The van der Waals surface area contributed by atoms with Crippen LogP contribution in [-0.2, 0) is 4.79 Å². The second kappa shape index (κ2) is 3.78. The molecule has 0 spiro atoms. The predicted molar refractivity (Wildman–Crippen MR) is 57.1 cm³/mol. The van der Waals surface area contributed by atoms with Gasteiger partial charge in [-0.1, -0.05) is 20.8 Å². The Labute approximate surface area is 84.8 Å². The van der Waals surface area contributed by atoms with Gasteiger partial charge in [-0.15, -0.1) is 0 Å². The molecule has 0 aliphatic carbocycles. The number of nitrogens with zero attached hydrogens (tertiary/aromatic N) is 2. The summed E-state index contributed by atoms with van der Waals surface area (Å²) in [6.45, 7) is 5.71. The van der Waals surface area contributed by atoms with Crippen molar-refractivity contribution < 1.29 is 4.79 Å². The van der Waals surface area contributed by atoms with E-state index in [2.05, 4.69) is 4.98 Å². The molecule has 0 N–H and O–H groups in total. The molecular weight excluding hydrogens is 176 g/mol. The number of hydrogen-bond donors (Lipinski definition) is 0. The number of rotatable bonds is 1. The predicted octanol–water partition coefficient (Wildman–Crippen LogP) is 2.09. The molecule has 0 fully saturated rings. The number of pyridine rings is 1. The molecule has 1 aromatic rings. The van der Waals surface area contributed by atoms with Gasteiger partial charge >= 0.3 is 0 Å². The lowest BCUT2D eigenvalue weighted by molar-refractivity contribution is -0.125. The highest BCUT2D eigenvalue weighted by Gasteiger charge is 2.25. The van der Waals surface area contributed by atoms with Crippen LogP contribution in [0.4, 0.5) is 5.69 Å². The SMILES string of the molecule is CN(C(=O)C(C)(C)C)c1cccnc1. The Balaban J connectivity index is 2.87. The van der Waals surface area contributed by atoms with Gasteiger partial charge in [0.1, 0.15) is 0 Å². The van der Waals surface area contributed by atoms with Crippen LogP contribution in [-0.4, -0.2) is 17.9 Å². The number of carbonyl (C=O) groups is 1. The molecule has 0 saturated carbocycles. The van der Waals surface area contributed by atoms with E-state index < -0.39 is 0 Å². The topological polar surface area (TPSA) is 33.2 Å². The third-order valence-corrected chi connectivity index (χ3v) is 1.98. The van der Waals surface area contributed by atoms with E-state index in [4.69, 9.17) is 0 Å². The fraction of sp³-hybridized carbons (Fsp3) is 0.455. The Morgan fingerprint density at radius 3 is 2.50 bits per heavy atom. The zero-order chi connectivity index (χ0) is 10.8. The van der Waals surface area contributed by atoms with Crippen LogP contribution in [0.2, 0.25) is 0 Å². The highest BCUT2D eigenvalue weighted by Crippen LogP contribution is 2.20. The molecule has 0 unspecified atom stereocenters. The van der Waals surface area contributed by atoms with Crippen molar-refractivity contribution in [3.05, 3.63) is 24.5 Å². The van der Waals surface area contributed by atoms with Gasteiger partial charge in [-0.3, -0.25) is 9.78 Å². The second-order valence-electron chi connectivity index (χ2n) is 4.33. The van der Waals surface area contributed by atoms with E-state index in [0.29, 0.717) is 0 Å². The summed E-state index contributed by atoms with van der Waals surface area (Å²) in [6, 6.07) is 3.69. The minimum atomic E-state index is -0.357. The normalized spacial score (nSPS) is 11.1. The largest absolute Gasteiger partial charge is 0.314 e. The van der Waals surface area contributed by atoms with Crippen LogP contribution in [0.3, 0.4) is 0 Å². The van der Waals surface area contributed by atoms with Gasteiger partial charge in [-0.2, -0.15) is 0 Å². The first-order valence-corrected chi connectivity index (χ1v) is 4.61. The Morgan fingerprint density at radius 1 is 1.43 bits per heavy atom. The molecular formula is C11H16N2O. The van der Waals surface area contributed by atoms with E-state index >= 15 is 0 Å². The summed E-state index contributed by atoms with van der Waals surface area (Å²) < 4.78 is 0. The Morgan fingerprint density at radius 2 is 2.07 bits per heavy atom. The van der Waals surface area contributed by atoms with Crippen LogP contribution in [0.15, 0.2) is 24.5 Å². The van der Waals surface area contributed by atoms with Crippen LogP contribution >= 0.6 is 0 Å². The number of amides is 1. The second-order valence-corrected chi connectivity index (χ2v) is 4.33. The third kappa shape index (κ3) is 2.31. The Bertz CT molecular complexity index is 314. The lowest BCUT2D eigenvalue weighted by Crippen LogP contribution is -2.36. The van der Waals surface area contributed by atoms with Crippen molar-refractivity contribution in [3.8, 4) is 0 Å². The molecule has 0 radical (unpaired) electrons. The lowest BCUT2D eigenvalue weighted by Gasteiger charge is -2.25. The number of aromatic nitrogens is 1. The summed E-state index contributed by atoms with van der Waals surface area (Å²) in [6.07, 6.45) is 3.38. The van der Waals surface area contributed by atoms with E-state index in [1.807, 2.05) is 32.9 Å². The van der Waals surface area contributed by atoms with Crippen LogP contribution in [0, 0.1) is 5.41 Å². The van der Waals surface area contributed by atoms with Gasteiger partial charge in [0.15, 0.2) is 0 Å². The van der Waals surface area contributed by atoms with Crippen LogP contribution in [0.5, 0.6) is 0 Å².